The first-order valence-electron chi connectivity index (χ1n) is 10.0. The van der Waals surface area contributed by atoms with Crippen LogP contribution in [0.2, 0.25) is 5.02 Å². The second kappa shape index (κ2) is 9.85. The number of rotatable bonds is 7. The molecule has 0 bridgehead atoms. The number of likely N-dealkylation sites (tertiary alicyclic amines) is 1. The quantitative estimate of drug-likeness (QED) is 0.326. The number of carbonyl (C=O) groups is 2. The van der Waals surface area contributed by atoms with Gasteiger partial charge in [-0.1, -0.05) is 53.5 Å². The van der Waals surface area contributed by atoms with Crippen LogP contribution in [0.25, 0.3) is 5.76 Å². The lowest BCUT2D eigenvalue weighted by molar-refractivity contribution is -0.140. The maximum atomic E-state index is 13.0. The minimum absolute atomic E-state index is 0.0553. The molecule has 31 heavy (non-hydrogen) atoms. The Bertz CT molecular complexity index is 1020. The average Bonchev–Trinajstić information content (AvgIpc) is 3.01. The van der Waals surface area contributed by atoms with E-state index in [0.29, 0.717) is 28.1 Å². The van der Waals surface area contributed by atoms with Crippen LogP contribution in [-0.4, -0.2) is 57.9 Å². The number of Topliss-reactive ketones (excluding diaryl/α,β-unsaturated/α-hetero) is 1. The molecule has 6 nitrogen and oxygen atoms in total. The van der Waals surface area contributed by atoms with Crippen LogP contribution in [0.4, 0.5) is 0 Å². The summed E-state index contributed by atoms with van der Waals surface area (Å²) < 4.78 is 0.616. The molecule has 0 aliphatic carbocycles. The van der Waals surface area contributed by atoms with Gasteiger partial charge >= 0.3 is 0 Å². The van der Waals surface area contributed by atoms with Gasteiger partial charge in [-0.05, 0) is 49.0 Å². The van der Waals surface area contributed by atoms with Gasteiger partial charge in [-0.15, -0.1) is 0 Å². The summed E-state index contributed by atoms with van der Waals surface area (Å²) in [6, 6.07) is 10.6. The van der Waals surface area contributed by atoms with Crippen molar-refractivity contribution < 1.29 is 19.8 Å². The van der Waals surface area contributed by atoms with E-state index in [-0.39, 0.29) is 16.9 Å². The fourth-order valence-electron chi connectivity index (χ4n) is 3.73. The number of benzene rings is 2. The average molecular weight is 508 g/mol. The Kier molecular flexibility index (Phi) is 7.41. The van der Waals surface area contributed by atoms with Crippen LogP contribution in [0.5, 0.6) is 5.75 Å². The van der Waals surface area contributed by atoms with Crippen molar-refractivity contribution in [2.45, 2.75) is 19.9 Å². The van der Waals surface area contributed by atoms with Gasteiger partial charge in [0.15, 0.2) is 0 Å². The highest BCUT2D eigenvalue weighted by Crippen LogP contribution is 2.41. The van der Waals surface area contributed by atoms with Crippen molar-refractivity contribution >= 4 is 45.0 Å². The summed E-state index contributed by atoms with van der Waals surface area (Å²) in [5, 5.41) is 21.8. The van der Waals surface area contributed by atoms with Crippen LogP contribution in [-0.2, 0) is 9.59 Å². The van der Waals surface area contributed by atoms with Gasteiger partial charge in [0.25, 0.3) is 11.7 Å². The molecule has 1 atom stereocenters. The Balaban J connectivity index is 2.13. The Morgan fingerprint density at radius 1 is 1.13 bits per heavy atom. The number of likely N-dealkylation sites (N-methyl/N-ethyl adjacent to an activating group) is 1. The van der Waals surface area contributed by atoms with Crippen LogP contribution in [0, 0.1) is 0 Å². The lowest BCUT2D eigenvalue weighted by Crippen LogP contribution is -2.38. The molecule has 1 saturated heterocycles. The minimum Gasteiger partial charge on any atom is -0.507 e. The highest BCUT2D eigenvalue weighted by atomic mass is 79.9. The van der Waals surface area contributed by atoms with Gasteiger partial charge in [-0.2, -0.15) is 0 Å². The Hall–Kier alpha value is -2.35. The van der Waals surface area contributed by atoms with Crippen LogP contribution >= 0.6 is 27.5 Å². The van der Waals surface area contributed by atoms with E-state index in [2.05, 4.69) is 20.8 Å². The zero-order valence-corrected chi connectivity index (χ0v) is 19.7. The maximum Gasteiger partial charge on any atom is 0.295 e. The summed E-state index contributed by atoms with van der Waals surface area (Å²) in [6.45, 7) is 6.61. The smallest absolute Gasteiger partial charge is 0.295 e. The standard InChI is InChI=1S/C23H24BrClN2O4/c1-3-26(4-2)11-12-27-20(14-5-8-16(25)9-6-14)19(22(30)23(27)31)21(29)17-13-15(24)7-10-18(17)28/h5-10,13,20,28-29H,3-4,11-12H2,1-2H3/t20-/m1/s1. The lowest BCUT2D eigenvalue weighted by atomic mass is 9.95. The first kappa shape index (κ1) is 23.3. The van der Waals surface area contributed by atoms with Crippen molar-refractivity contribution in [3.8, 4) is 5.75 Å². The number of aliphatic hydroxyl groups excluding tert-OH is 1. The first-order valence-corrected chi connectivity index (χ1v) is 11.2. The molecule has 0 aromatic heterocycles. The third-order valence-electron chi connectivity index (χ3n) is 5.49. The molecule has 1 aliphatic rings. The zero-order chi connectivity index (χ0) is 22.7. The van der Waals surface area contributed by atoms with E-state index >= 15 is 0 Å². The Labute approximate surface area is 194 Å². The number of carbonyl (C=O) groups excluding carboxylic acids is 2. The van der Waals surface area contributed by atoms with Gasteiger partial charge in [-0.3, -0.25) is 9.59 Å². The van der Waals surface area contributed by atoms with Crippen LogP contribution in [0.3, 0.4) is 0 Å². The van der Waals surface area contributed by atoms with Crippen LogP contribution in [0.15, 0.2) is 52.5 Å². The molecule has 1 heterocycles. The number of amides is 1. The molecule has 2 aromatic carbocycles. The number of phenolic OH excluding ortho intramolecular Hbond substituents is 1. The van der Waals surface area contributed by atoms with Crippen molar-refractivity contribution in [1.82, 2.24) is 9.80 Å². The third-order valence-corrected chi connectivity index (χ3v) is 6.24. The van der Waals surface area contributed by atoms with Crippen LogP contribution < -0.4 is 0 Å². The van der Waals surface area contributed by atoms with Crippen LogP contribution in [0.1, 0.15) is 31.0 Å². The van der Waals surface area contributed by atoms with E-state index in [1.54, 1.807) is 30.3 Å². The molecule has 0 radical (unpaired) electrons. The first-order chi connectivity index (χ1) is 14.8. The predicted octanol–water partition coefficient (Wildman–Crippen LogP) is 4.57. The molecule has 8 heteroatoms. The molecule has 164 valence electrons. The summed E-state index contributed by atoms with van der Waals surface area (Å²) in [5.74, 6) is -2.06. The number of hydrogen-bond donors (Lipinski definition) is 2. The molecule has 1 amide bonds. The van der Waals surface area contributed by atoms with Gasteiger partial charge in [0.1, 0.15) is 11.5 Å². The summed E-state index contributed by atoms with van der Waals surface area (Å²) >= 11 is 9.34. The van der Waals surface area contributed by atoms with E-state index < -0.39 is 23.5 Å². The van der Waals surface area contributed by atoms with E-state index in [9.17, 15) is 19.8 Å². The van der Waals surface area contributed by atoms with Crippen molar-refractivity contribution in [3.63, 3.8) is 0 Å². The maximum absolute atomic E-state index is 13.0. The van der Waals surface area contributed by atoms with E-state index in [1.165, 1.54) is 17.0 Å². The number of nitrogens with zero attached hydrogens (tertiary/aromatic N) is 2. The Morgan fingerprint density at radius 2 is 1.77 bits per heavy atom. The summed E-state index contributed by atoms with van der Waals surface area (Å²) in [5.41, 5.74) is 0.675. The monoisotopic (exact) mass is 506 g/mol. The number of ketones is 1. The molecule has 1 fully saturated rings. The second-order valence-corrected chi connectivity index (χ2v) is 8.58. The Morgan fingerprint density at radius 3 is 2.39 bits per heavy atom. The highest BCUT2D eigenvalue weighted by Gasteiger charge is 2.46. The van der Waals surface area contributed by atoms with E-state index in [1.807, 2.05) is 13.8 Å². The number of hydrogen-bond acceptors (Lipinski definition) is 5. The molecule has 3 rings (SSSR count). The molecule has 1 aliphatic heterocycles. The van der Waals surface area contributed by atoms with Crippen molar-refractivity contribution in [2.75, 3.05) is 26.2 Å². The molecular formula is C23H24BrClN2O4. The molecule has 0 saturated carbocycles. The van der Waals surface area contributed by atoms with Gasteiger partial charge in [0.2, 0.25) is 0 Å². The van der Waals surface area contributed by atoms with Crippen molar-refractivity contribution in [1.29, 1.82) is 0 Å². The van der Waals surface area contributed by atoms with E-state index in [0.717, 1.165) is 13.1 Å². The number of halogens is 2. The number of aromatic hydroxyl groups is 1. The topological polar surface area (TPSA) is 81.1 Å². The van der Waals surface area contributed by atoms with Gasteiger partial charge in [0, 0.05) is 22.6 Å². The lowest BCUT2D eigenvalue weighted by Gasteiger charge is -2.28. The van der Waals surface area contributed by atoms with E-state index in [4.69, 9.17) is 11.6 Å². The summed E-state index contributed by atoms with van der Waals surface area (Å²) in [7, 11) is 0. The van der Waals surface area contributed by atoms with Crippen molar-refractivity contribution in [3.05, 3.63) is 68.7 Å². The molecule has 2 N–H and O–H groups in total. The van der Waals surface area contributed by atoms with Gasteiger partial charge in [0.05, 0.1) is 17.2 Å². The number of aliphatic hydroxyl groups is 1. The predicted molar refractivity (Wildman–Crippen MR) is 124 cm³/mol. The SMILES string of the molecule is CCN(CC)CCN1C(=O)C(=O)C(=C(O)c2cc(Br)ccc2O)[C@H]1c1ccc(Cl)cc1. The minimum atomic E-state index is -0.786. The fourth-order valence-corrected chi connectivity index (χ4v) is 4.22. The molecule has 2 aromatic rings. The van der Waals surface area contributed by atoms with Crippen molar-refractivity contribution in [2.24, 2.45) is 0 Å². The van der Waals surface area contributed by atoms with Gasteiger partial charge < -0.3 is 20.0 Å². The second-order valence-electron chi connectivity index (χ2n) is 7.23. The molecule has 0 spiro atoms. The summed E-state index contributed by atoms with van der Waals surface area (Å²) in [6.07, 6.45) is 0. The molecule has 0 unspecified atom stereocenters. The summed E-state index contributed by atoms with van der Waals surface area (Å²) in [4.78, 5) is 29.6. The molecular weight excluding hydrogens is 484 g/mol. The van der Waals surface area contributed by atoms with Gasteiger partial charge in [-0.25, -0.2) is 0 Å². The third kappa shape index (κ3) is 4.79. The zero-order valence-electron chi connectivity index (χ0n) is 17.3. The fraction of sp³-hybridized carbons (Fsp3) is 0.304. The normalized spacial score (nSPS) is 18.2. The number of phenols is 1. The highest BCUT2D eigenvalue weighted by molar-refractivity contribution is 9.10. The largest absolute Gasteiger partial charge is 0.507 e.